The van der Waals surface area contributed by atoms with Gasteiger partial charge in [-0.3, -0.25) is 0 Å². The number of rotatable bonds is 12. The van der Waals surface area contributed by atoms with Crippen molar-refractivity contribution in [3.63, 3.8) is 0 Å². The molecule has 2 rings (SSSR count). The minimum absolute atomic E-state index is 0.315. The monoisotopic (exact) mass is 360 g/mol. The molecule has 0 aromatic rings. The van der Waals surface area contributed by atoms with Crippen LogP contribution in [-0.4, -0.2) is 21.8 Å². The summed E-state index contributed by atoms with van der Waals surface area (Å²) >= 11 is 0. The van der Waals surface area contributed by atoms with Crippen molar-refractivity contribution >= 4 is 8.56 Å². The van der Waals surface area contributed by atoms with Crippen molar-refractivity contribution in [2.45, 2.75) is 77.3 Å². The van der Waals surface area contributed by atoms with Crippen LogP contribution in [0.3, 0.4) is 0 Å². The topological polar surface area (TPSA) is 18.5 Å². The summed E-state index contributed by atoms with van der Waals surface area (Å²) < 4.78 is 12.9. The van der Waals surface area contributed by atoms with Crippen molar-refractivity contribution in [2.24, 2.45) is 0 Å². The Bertz CT molecular complexity index is 482. The van der Waals surface area contributed by atoms with Crippen LogP contribution in [0.15, 0.2) is 47.6 Å². The molecule has 0 aromatic heterocycles. The van der Waals surface area contributed by atoms with E-state index in [9.17, 15) is 0 Å². The molecule has 2 unspecified atom stereocenters. The Morgan fingerprint density at radius 3 is 1.56 bits per heavy atom. The van der Waals surface area contributed by atoms with Crippen LogP contribution in [0.25, 0.3) is 0 Å². The van der Waals surface area contributed by atoms with Crippen LogP contribution in [0.1, 0.15) is 66.2 Å². The van der Waals surface area contributed by atoms with Gasteiger partial charge in [-0.15, -0.1) is 0 Å². The molecule has 0 saturated carbocycles. The molecule has 0 aromatic carbocycles. The third-order valence-corrected chi connectivity index (χ3v) is 9.19. The molecule has 2 nitrogen and oxygen atoms in total. The first-order valence-electron chi connectivity index (χ1n) is 10.3. The van der Waals surface area contributed by atoms with Gasteiger partial charge >= 0.3 is 8.56 Å². The Morgan fingerprint density at radius 2 is 1.20 bits per heavy atom. The van der Waals surface area contributed by atoms with E-state index in [-0.39, 0.29) is 0 Å². The second kappa shape index (κ2) is 10.3. The quantitative estimate of drug-likeness (QED) is 0.364. The fraction of sp³-hybridized carbons (Fsp3) is 0.636. The first-order valence-corrected chi connectivity index (χ1v) is 12.2. The van der Waals surface area contributed by atoms with Gasteiger partial charge in [-0.1, -0.05) is 74.3 Å². The van der Waals surface area contributed by atoms with Gasteiger partial charge in [0.2, 0.25) is 0 Å². The summed E-state index contributed by atoms with van der Waals surface area (Å²) in [5.41, 5.74) is 3.55. The third-order valence-electron chi connectivity index (χ3n) is 5.13. The van der Waals surface area contributed by atoms with Crippen molar-refractivity contribution in [3.05, 3.63) is 47.6 Å². The minimum atomic E-state index is -2.42. The summed E-state index contributed by atoms with van der Waals surface area (Å²) in [4.78, 5) is 0. The third kappa shape index (κ3) is 5.05. The Morgan fingerprint density at radius 1 is 0.760 bits per heavy atom. The molecular formula is C22H36O2Si. The summed E-state index contributed by atoms with van der Waals surface area (Å²) in [5.74, 6) is 0. The van der Waals surface area contributed by atoms with E-state index in [2.05, 4.69) is 64.2 Å². The van der Waals surface area contributed by atoms with E-state index < -0.39 is 8.56 Å². The number of hydrogen-bond donors (Lipinski definition) is 0. The van der Waals surface area contributed by atoms with Crippen molar-refractivity contribution in [3.8, 4) is 0 Å². The second-order valence-electron chi connectivity index (χ2n) is 7.05. The zero-order chi connectivity index (χ0) is 18.1. The molecule has 0 heterocycles. The molecular weight excluding hydrogens is 324 g/mol. The molecule has 140 valence electrons. The average molecular weight is 361 g/mol. The van der Waals surface area contributed by atoms with Gasteiger partial charge in [0, 0.05) is 24.3 Å². The Hall–Kier alpha value is -0.903. The average Bonchev–Trinajstić information content (AvgIpc) is 3.28. The van der Waals surface area contributed by atoms with E-state index in [0.717, 1.165) is 13.2 Å². The zero-order valence-electron chi connectivity index (χ0n) is 16.6. The smallest absolute Gasteiger partial charge is 0.360 e. The first-order chi connectivity index (χ1) is 12.2. The van der Waals surface area contributed by atoms with Crippen molar-refractivity contribution in [1.29, 1.82) is 0 Å². The lowest BCUT2D eigenvalue weighted by Gasteiger charge is -2.37. The van der Waals surface area contributed by atoms with E-state index in [0.29, 0.717) is 11.1 Å². The van der Waals surface area contributed by atoms with Crippen LogP contribution in [0.2, 0.25) is 11.1 Å². The summed E-state index contributed by atoms with van der Waals surface area (Å²) in [6.07, 6.45) is 21.5. The summed E-state index contributed by atoms with van der Waals surface area (Å²) in [6.45, 7) is 10.1. The van der Waals surface area contributed by atoms with Crippen LogP contribution < -0.4 is 0 Å². The van der Waals surface area contributed by atoms with Crippen LogP contribution in [0, 0.1) is 0 Å². The maximum absolute atomic E-state index is 6.47. The van der Waals surface area contributed by atoms with Crippen LogP contribution in [0.5, 0.6) is 0 Å². The Kier molecular flexibility index (Phi) is 8.40. The molecule has 0 spiro atoms. The zero-order valence-corrected chi connectivity index (χ0v) is 17.6. The number of allylic oxidation sites excluding steroid dienone is 8. The van der Waals surface area contributed by atoms with Gasteiger partial charge in [0.05, 0.1) is 0 Å². The highest BCUT2D eigenvalue weighted by atomic mass is 28.4. The summed E-state index contributed by atoms with van der Waals surface area (Å²) in [6, 6.07) is 0. The molecule has 0 N–H and O–H groups in total. The van der Waals surface area contributed by atoms with E-state index in [1.165, 1.54) is 49.7 Å². The maximum atomic E-state index is 6.47. The van der Waals surface area contributed by atoms with E-state index >= 15 is 0 Å². The fourth-order valence-corrected chi connectivity index (χ4v) is 7.66. The van der Waals surface area contributed by atoms with Crippen LogP contribution >= 0.6 is 0 Å². The Balaban J connectivity index is 2.23. The van der Waals surface area contributed by atoms with Gasteiger partial charge in [0.25, 0.3) is 0 Å². The van der Waals surface area contributed by atoms with E-state index in [4.69, 9.17) is 8.85 Å². The van der Waals surface area contributed by atoms with Gasteiger partial charge in [-0.25, -0.2) is 0 Å². The predicted molar refractivity (Wildman–Crippen MR) is 110 cm³/mol. The van der Waals surface area contributed by atoms with Gasteiger partial charge in [0.1, 0.15) is 0 Å². The predicted octanol–water partition coefficient (Wildman–Crippen LogP) is 6.61. The van der Waals surface area contributed by atoms with E-state index in [1.54, 1.807) is 0 Å². The number of unbranched alkanes of at least 4 members (excludes halogenated alkanes) is 2. The molecule has 0 fully saturated rings. The van der Waals surface area contributed by atoms with E-state index in [1.807, 2.05) is 0 Å². The largest absolute Gasteiger partial charge is 0.393 e. The summed E-state index contributed by atoms with van der Waals surface area (Å²) in [5, 5.41) is 0. The molecule has 25 heavy (non-hydrogen) atoms. The highest BCUT2D eigenvalue weighted by Crippen LogP contribution is 2.45. The molecule has 0 aliphatic heterocycles. The minimum Gasteiger partial charge on any atom is -0.393 e. The molecule has 2 aliphatic rings. The normalized spacial score (nSPS) is 22.6. The molecule has 3 heteroatoms. The molecule has 0 bridgehead atoms. The van der Waals surface area contributed by atoms with Gasteiger partial charge < -0.3 is 8.85 Å². The van der Waals surface area contributed by atoms with Crippen molar-refractivity contribution in [2.75, 3.05) is 13.2 Å². The van der Waals surface area contributed by atoms with Gasteiger partial charge in [0.15, 0.2) is 0 Å². The SMILES string of the molecule is CCCCC1=CC([Si](OCC)(OCC)C2C=CC(CCCC)=C2)C=C1. The lowest BCUT2D eigenvalue weighted by molar-refractivity contribution is 0.178. The highest BCUT2D eigenvalue weighted by molar-refractivity contribution is 6.73. The molecule has 2 atom stereocenters. The van der Waals surface area contributed by atoms with Crippen molar-refractivity contribution in [1.82, 2.24) is 0 Å². The summed E-state index contributed by atoms with van der Waals surface area (Å²) in [7, 11) is -2.42. The molecule has 0 amide bonds. The highest BCUT2D eigenvalue weighted by Gasteiger charge is 2.50. The lowest BCUT2D eigenvalue weighted by atomic mass is 10.1. The fourth-order valence-electron chi connectivity index (χ4n) is 3.83. The maximum Gasteiger partial charge on any atom is 0.360 e. The molecule has 2 aliphatic carbocycles. The first kappa shape index (κ1) is 20.4. The van der Waals surface area contributed by atoms with Gasteiger partial charge in [-0.05, 0) is 39.5 Å². The standard InChI is InChI=1S/C22H36O2Si/c1-5-9-11-19-13-15-21(17-19)25(23-7-3,24-8-4)22-16-14-20(18-22)12-10-6-2/h13-18,21-22H,5-12H2,1-4H3. The molecule has 0 saturated heterocycles. The van der Waals surface area contributed by atoms with Crippen LogP contribution in [-0.2, 0) is 8.85 Å². The second-order valence-corrected chi connectivity index (χ2v) is 10.4. The van der Waals surface area contributed by atoms with Crippen LogP contribution in [0.4, 0.5) is 0 Å². The Labute approximate surface area is 155 Å². The number of hydrogen-bond acceptors (Lipinski definition) is 2. The van der Waals surface area contributed by atoms with Crippen molar-refractivity contribution < 1.29 is 8.85 Å². The molecule has 0 radical (unpaired) electrons. The lowest BCUT2D eigenvalue weighted by Crippen LogP contribution is -2.49. The van der Waals surface area contributed by atoms with Gasteiger partial charge in [-0.2, -0.15) is 0 Å².